The van der Waals surface area contributed by atoms with Crippen LogP contribution in [0, 0.1) is 0 Å². The van der Waals surface area contributed by atoms with Crippen molar-refractivity contribution in [2.75, 3.05) is 13.2 Å². The van der Waals surface area contributed by atoms with E-state index in [0.717, 1.165) is 48.1 Å². The zero-order valence-electron chi connectivity index (χ0n) is 12.5. The summed E-state index contributed by atoms with van der Waals surface area (Å²) in [5.74, 6) is 0.913. The Bertz CT molecular complexity index is 475. The number of hydrogen-bond donors (Lipinski definition) is 2. The van der Waals surface area contributed by atoms with Gasteiger partial charge in [0.1, 0.15) is 5.75 Å². The number of amides is 1. The number of benzene rings is 1. The SMILES string of the molecule is CCCNCc1cccc(Br)c1OCCC(=O)NC1CC1. The first-order chi connectivity index (χ1) is 10.2. The van der Waals surface area contributed by atoms with Gasteiger partial charge in [-0.05, 0) is 47.8 Å². The highest BCUT2D eigenvalue weighted by Gasteiger charge is 2.22. The molecule has 5 heteroatoms. The summed E-state index contributed by atoms with van der Waals surface area (Å²) >= 11 is 3.52. The van der Waals surface area contributed by atoms with Gasteiger partial charge in [0.2, 0.25) is 5.91 Å². The number of para-hydroxylation sites is 1. The second-order valence-corrected chi connectivity index (χ2v) is 6.20. The van der Waals surface area contributed by atoms with Crippen molar-refractivity contribution in [1.82, 2.24) is 10.6 Å². The van der Waals surface area contributed by atoms with Gasteiger partial charge in [0.05, 0.1) is 17.5 Å². The van der Waals surface area contributed by atoms with Crippen LogP contribution in [0.25, 0.3) is 0 Å². The Morgan fingerprint density at radius 2 is 2.24 bits per heavy atom. The molecule has 0 bridgehead atoms. The van der Waals surface area contributed by atoms with Crippen molar-refractivity contribution in [1.29, 1.82) is 0 Å². The monoisotopic (exact) mass is 354 g/mol. The van der Waals surface area contributed by atoms with Crippen LogP contribution in [0.15, 0.2) is 22.7 Å². The molecule has 116 valence electrons. The molecule has 0 radical (unpaired) electrons. The maximum atomic E-state index is 11.6. The van der Waals surface area contributed by atoms with E-state index in [0.29, 0.717) is 19.1 Å². The number of halogens is 1. The Morgan fingerprint density at radius 3 is 2.95 bits per heavy atom. The lowest BCUT2D eigenvalue weighted by Crippen LogP contribution is -2.26. The number of rotatable bonds is 9. The van der Waals surface area contributed by atoms with Crippen molar-refractivity contribution in [2.45, 2.75) is 45.2 Å². The van der Waals surface area contributed by atoms with Crippen molar-refractivity contribution >= 4 is 21.8 Å². The molecular formula is C16H23BrN2O2. The van der Waals surface area contributed by atoms with Gasteiger partial charge in [0.15, 0.2) is 0 Å². The third-order valence-electron chi connectivity index (χ3n) is 3.31. The van der Waals surface area contributed by atoms with Crippen LogP contribution in [0.1, 0.15) is 38.2 Å². The van der Waals surface area contributed by atoms with Gasteiger partial charge >= 0.3 is 0 Å². The van der Waals surface area contributed by atoms with Crippen molar-refractivity contribution in [3.63, 3.8) is 0 Å². The number of hydrogen-bond acceptors (Lipinski definition) is 3. The highest BCUT2D eigenvalue weighted by atomic mass is 79.9. The van der Waals surface area contributed by atoms with Crippen LogP contribution in [-0.2, 0) is 11.3 Å². The zero-order valence-corrected chi connectivity index (χ0v) is 14.0. The highest BCUT2D eigenvalue weighted by molar-refractivity contribution is 9.10. The lowest BCUT2D eigenvalue weighted by Gasteiger charge is -2.14. The summed E-state index contributed by atoms with van der Waals surface area (Å²) in [6.07, 6.45) is 3.74. The molecule has 2 rings (SSSR count). The van der Waals surface area contributed by atoms with Gasteiger partial charge < -0.3 is 15.4 Å². The van der Waals surface area contributed by atoms with E-state index in [-0.39, 0.29) is 5.91 Å². The fourth-order valence-corrected chi connectivity index (χ4v) is 2.55. The van der Waals surface area contributed by atoms with Crippen LogP contribution >= 0.6 is 15.9 Å². The predicted molar refractivity (Wildman–Crippen MR) is 87.4 cm³/mol. The first kappa shape index (κ1) is 16.3. The van der Waals surface area contributed by atoms with Crippen LogP contribution in [0.3, 0.4) is 0 Å². The molecule has 0 heterocycles. The molecule has 1 aromatic rings. The topological polar surface area (TPSA) is 50.4 Å². The number of carbonyl (C=O) groups is 1. The molecule has 0 atom stereocenters. The smallest absolute Gasteiger partial charge is 0.223 e. The minimum absolute atomic E-state index is 0.0789. The summed E-state index contributed by atoms with van der Waals surface area (Å²) in [6, 6.07) is 6.42. The van der Waals surface area contributed by atoms with E-state index in [1.165, 1.54) is 0 Å². The van der Waals surface area contributed by atoms with E-state index in [9.17, 15) is 4.79 Å². The fourth-order valence-electron chi connectivity index (χ4n) is 2.03. The molecule has 1 fully saturated rings. The molecular weight excluding hydrogens is 332 g/mol. The molecule has 1 saturated carbocycles. The predicted octanol–water partition coefficient (Wildman–Crippen LogP) is 3.00. The van der Waals surface area contributed by atoms with Crippen LogP contribution in [-0.4, -0.2) is 25.1 Å². The molecule has 4 nitrogen and oxygen atoms in total. The van der Waals surface area contributed by atoms with Crippen molar-refractivity contribution in [3.8, 4) is 5.75 Å². The number of nitrogens with one attached hydrogen (secondary N) is 2. The van der Waals surface area contributed by atoms with Gasteiger partial charge in [-0.1, -0.05) is 19.1 Å². The van der Waals surface area contributed by atoms with Crippen LogP contribution < -0.4 is 15.4 Å². The molecule has 0 unspecified atom stereocenters. The average Bonchev–Trinajstić information content (AvgIpc) is 3.26. The Labute approximate surface area is 134 Å². The third-order valence-corrected chi connectivity index (χ3v) is 3.93. The lowest BCUT2D eigenvalue weighted by atomic mass is 10.2. The zero-order chi connectivity index (χ0) is 15.1. The summed E-state index contributed by atoms with van der Waals surface area (Å²) in [5, 5.41) is 6.34. The third kappa shape index (κ3) is 5.67. The quantitative estimate of drug-likeness (QED) is 0.670. The standard InChI is InChI=1S/C16H23BrN2O2/c1-2-9-18-11-12-4-3-5-14(17)16(12)21-10-8-15(20)19-13-6-7-13/h3-5,13,18H,2,6-11H2,1H3,(H,19,20). The first-order valence-corrected chi connectivity index (χ1v) is 8.40. The van der Waals surface area contributed by atoms with Crippen molar-refractivity contribution in [3.05, 3.63) is 28.2 Å². The second kappa shape index (κ2) is 8.39. The summed E-state index contributed by atoms with van der Waals surface area (Å²) in [6.45, 7) is 4.30. The average molecular weight is 355 g/mol. The van der Waals surface area contributed by atoms with E-state index in [2.05, 4.69) is 33.5 Å². The first-order valence-electron chi connectivity index (χ1n) is 7.61. The molecule has 1 amide bonds. The van der Waals surface area contributed by atoms with E-state index < -0.39 is 0 Å². The molecule has 2 N–H and O–H groups in total. The largest absolute Gasteiger partial charge is 0.492 e. The molecule has 0 aromatic heterocycles. The Kier molecular flexibility index (Phi) is 6.51. The van der Waals surface area contributed by atoms with E-state index >= 15 is 0 Å². The molecule has 1 aliphatic rings. The summed E-state index contributed by atoms with van der Waals surface area (Å²) in [5.41, 5.74) is 1.11. The number of ether oxygens (including phenoxy) is 1. The van der Waals surface area contributed by atoms with E-state index in [1.54, 1.807) is 0 Å². The Morgan fingerprint density at radius 1 is 1.43 bits per heavy atom. The van der Waals surface area contributed by atoms with Gasteiger partial charge in [-0.15, -0.1) is 0 Å². The van der Waals surface area contributed by atoms with Gasteiger partial charge in [-0.25, -0.2) is 0 Å². The summed E-state index contributed by atoms with van der Waals surface area (Å²) in [4.78, 5) is 11.6. The van der Waals surface area contributed by atoms with Crippen LogP contribution in [0.5, 0.6) is 5.75 Å². The molecule has 0 saturated heterocycles. The second-order valence-electron chi connectivity index (χ2n) is 5.35. The number of carbonyl (C=O) groups excluding carboxylic acids is 1. The van der Waals surface area contributed by atoms with Crippen LogP contribution in [0.2, 0.25) is 0 Å². The minimum atomic E-state index is 0.0789. The molecule has 1 aromatic carbocycles. The molecule has 0 aliphatic heterocycles. The summed E-state index contributed by atoms with van der Waals surface area (Å²) < 4.78 is 6.75. The lowest BCUT2D eigenvalue weighted by molar-refractivity contribution is -0.121. The minimum Gasteiger partial charge on any atom is -0.492 e. The van der Waals surface area contributed by atoms with Gasteiger partial charge in [-0.2, -0.15) is 0 Å². The Hall–Kier alpha value is -1.07. The van der Waals surface area contributed by atoms with Crippen LogP contribution in [0.4, 0.5) is 0 Å². The maximum Gasteiger partial charge on any atom is 0.223 e. The summed E-state index contributed by atoms with van der Waals surface area (Å²) in [7, 11) is 0. The molecule has 1 aliphatic carbocycles. The van der Waals surface area contributed by atoms with Gasteiger partial charge in [0, 0.05) is 18.2 Å². The van der Waals surface area contributed by atoms with E-state index in [4.69, 9.17) is 4.74 Å². The molecule has 21 heavy (non-hydrogen) atoms. The fraction of sp³-hybridized carbons (Fsp3) is 0.562. The highest BCUT2D eigenvalue weighted by Crippen LogP contribution is 2.29. The van der Waals surface area contributed by atoms with Crippen molar-refractivity contribution in [2.24, 2.45) is 0 Å². The van der Waals surface area contributed by atoms with Gasteiger partial charge in [-0.3, -0.25) is 4.79 Å². The molecule has 0 spiro atoms. The Balaban J connectivity index is 1.83. The maximum absolute atomic E-state index is 11.6. The van der Waals surface area contributed by atoms with E-state index in [1.807, 2.05) is 18.2 Å². The van der Waals surface area contributed by atoms with Gasteiger partial charge in [0.25, 0.3) is 0 Å². The normalized spacial score (nSPS) is 14.0. The van der Waals surface area contributed by atoms with Crippen molar-refractivity contribution < 1.29 is 9.53 Å².